The van der Waals surface area contributed by atoms with Crippen LogP contribution in [0.2, 0.25) is 0 Å². The summed E-state index contributed by atoms with van der Waals surface area (Å²) in [7, 11) is -3.10. The molecular formula is C17H27NO4S. The molecule has 130 valence electrons. The number of carbonyl (C=O) groups excluding carboxylic acids is 1. The van der Waals surface area contributed by atoms with Gasteiger partial charge in [0.2, 0.25) is 5.91 Å². The highest BCUT2D eigenvalue weighted by molar-refractivity contribution is 7.90. The first-order valence-electron chi connectivity index (χ1n) is 8.27. The molecule has 1 aromatic rings. The summed E-state index contributed by atoms with van der Waals surface area (Å²) in [6.07, 6.45) is 3.28. The zero-order chi connectivity index (χ0) is 17.2. The molecule has 0 N–H and O–H groups in total. The Labute approximate surface area is 139 Å². The Hall–Kier alpha value is -1.30. The topological polar surface area (TPSA) is 67.6 Å². The Morgan fingerprint density at radius 2 is 2.09 bits per heavy atom. The van der Waals surface area contributed by atoms with E-state index in [1.807, 2.05) is 19.1 Å². The largest absolute Gasteiger partial charge is 0.466 e. The van der Waals surface area contributed by atoms with Crippen LogP contribution < -0.4 is 0 Å². The fraction of sp³-hybridized carbons (Fsp3) is 0.706. The van der Waals surface area contributed by atoms with Crippen molar-refractivity contribution in [3.8, 4) is 0 Å². The van der Waals surface area contributed by atoms with Crippen LogP contribution in [-0.4, -0.2) is 43.8 Å². The van der Waals surface area contributed by atoms with Crippen LogP contribution in [0, 0.1) is 5.92 Å². The molecule has 0 radical (unpaired) electrons. The second kappa shape index (κ2) is 7.07. The Morgan fingerprint density at radius 3 is 2.61 bits per heavy atom. The summed E-state index contributed by atoms with van der Waals surface area (Å²) in [6.45, 7) is 6.37. The molecule has 6 heteroatoms. The van der Waals surface area contributed by atoms with Crippen molar-refractivity contribution in [2.75, 3.05) is 18.6 Å². The molecule has 1 amide bonds. The SMILES string of the molecule is CCN(C(=O)CCc1ccc([C@@H]2C[C@@H]2C)o1)[C@H](C)CS(C)(=O)=O. The van der Waals surface area contributed by atoms with Gasteiger partial charge >= 0.3 is 0 Å². The molecule has 23 heavy (non-hydrogen) atoms. The lowest BCUT2D eigenvalue weighted by Gasteiger charge is -2.27. The minimum absolute atomic E-state index is 0.00293. The number of furan rings is 1. The van der Waals surface area contributed by atoms with E-state index in [-0.39, 0.29) is 17.7 Å². The zero-order valence-electron chi connectivity index (χ0n) is 14.4. The lowest BCUT2D eigenvalue weighted by atomic mass is 10.2. The number of carbonyl (C=O) groups is 1. The van der Waals surface area contributed by atoms with Crippen LogP contribution in [0.25, 0.3) is 0 Å². The highest BCUT2D eigenvalue weighted by atomic mass is 32.2. The third-order valence-corrected chi connectivity index (χ3v) is 5.57. The molecule has 0 spiro atoms. The van der Waals surface area contributed by atoms with Crippen molar-refractivity contribution in [3.05, 3.63) is 23.7 Å². The Balaban J connectivity index is 1.88. The summed E-state index contributed by atoms with van der Waals surface area (Å²) in [5.41, 5.74) is 0. The first-order chi connectivity index (χ1) is 10.7. The zero-order valence-corrected chi connectivity index (χ0v) is 15.2. The number of nitrogens with zero attached hydrogens (tertiary/aromatic N) is 1. The lowest BCUT2D eigenvalue weighted by molar-refractivity contribution is -0.132. The normalized spacial score (nSPS) is 21.9. The third-order valence-electron chi connectivity index (χ3n) is 4.48. The number of sulfone groups is 1. The summed E-state index contributed by atoms with van der Waals surface area (Å²) in [4.78, 5) is 14.0. The molecule has 3 atom stereocenters. The maximum Gasteiger partial charge on any atom is 0.223 e. The van der Waals surface area contributed by atoms with Crippen molar-refractivity contribution in [1.82, 2.24) is 4.90 Å². The summed E-state index contributed by atoms with van der Waals surface area (Å²) in [6, 6.07) is 3.66. The summed E-state index contributed by atoms with van der Waals surface area (Å²) >= 11 is 0. The fourth-order valence-electron chi connectivity index (χ4n) is 3.08. The fourth-order valence-corrected chi connectivity index (χ4v) is 4.14. The molecule has 0 saturated heterocycles. The standard InChI is InChI=1S/C17H27NO4S/c1-5-18(13(3)11-23(4,20)21)17(19)9-7-14-6-8-16(22-14)15-10-12(15)2/h6,8,12-13,15H,5,7,9-11H2,1-4H3/t12-,13+,15+/m0/s1. The predicted octanol–water partition coefficient (Wildman–Crippen LogP) is 2.62. The molecular weight excluding hydrogens is 314 g/mol. The Bertz CT molecular complexity index is 649. The van der Waals surface area contributed by atoms with Gasteiger partial charge < -0.3 is 9.32 Å². The van der Waals surface area contributed by atoms with Crippen molar-refractivity contribution < 1.29 is 17.6 Å². The van der Waals surface area contributed by atoms with Crippen molar-refractivity contribution in [3.63, 3.8) is 0 Å². The molecule has 1 heterocycles. The van der Waals surface area contributed by atoms with Gasteiger partial charge in [-0.15, -0.1) is 0 Å². The monoisotopic (exact) mass is 341 g/mol. The van der Waals surface area contributed by atoms with Crippen LogP contribution in [0.5, 0.6) is 0 Å². The Kier molecular flexibility index (Phi) is 5.55. The third kappa shape index (κ3) is 5.09. The molecule has 0 unspecified atom stereocenters. The summed E-state index contributed by atoms with van der Waals surface area (Å²) in [5.74, 6) is 3.07. The molecule has 1 saturated carbocycles. The van der Waals surface area contributed by atoms with Crippen molar-refractivity contribution >= 4 is 15.7 Å². The molecule has 1 fully saturated rings. The number of aryl methyl sites for hydroxylation is 1. The van der Waals surface area contributed by atoms with E-state index in [1.165, 1.54) is 12.7 Å². The molecule has 1 aliphatic rings. The van der Waals surface area contributed by atoms with Crippen LogP contribution in [0.1, 0.15) is 51.1 Å². The quantitative estimate of drug-likeness (QED) is 0.729. The lowest BCUT2D eigenvalue weighted by Crippen LogP contribution is -2.42. The van der Waals surface area contributed by atoms with Gasteiger partial charge in [-0.2, -0.15) is 0 Å². The molecule has 0 aliphatic heterocycles. The maximum atomic E-state index is 12.4. The van der Waals surface area contributed by atoms with Gasteiger partial charge in [-0.25, -0.2) is 8.42 Å². The van der Waals surface area contributed by atoms with Gasteiger partial charge in [0.05, 0.1) is 5.75 Å². The van der Waals surface area contributed by atoms with Crippen molar-refractivity contribution in [2.24, 2.45) is 5.92 Å². The summed E-state index contributed by atoms with van der Waals surface area (Å²) < 4.78 is 28.6. The molecule has 0 aromatic carbocycles. The maximum absolute atomic E-state index is 12.4. The average molecular weight is 341 g/mol. The molecule has 1 aliphatic carbocycles. The highest BCUT2D eigenvalue weighted by Crippen LogP contribution is 2.47. The number of hydrogen-bond acceptors (Lipinski definition) is 4. The number of hydrogen-bond donors (Lipinski definition) is 0. The average Bonchev–Trinajstić information content (AvgIpc) is 2.98. The van der Waals surface area contributed by atoms with Gasteiger partial charge in [0, 0.05) is 37.6 Å². The molecule has 2 rings (SSSR count). The van der Waals surface area contributed by atoms with Crippen LogP contribution in [0.15, 0.2) is 16.5 Å². The van der Waals surface area contributed by atoms with E-state index in [9.17, 15) is 13.2 Å². The predicted molar refractivity (Wildman–Crippen MR) is 90.1 cm³/mol. The highest BCUT2D eigenvalue weighted by Gasteiger charge is 2.36. The van der Waals surface area contributed by atoms with Crippen molar-refractivity contribution in [1.29, 1.82) is 0 Å². The molecule has 0 bridgehead atoms. The van der Waals surface area contributed by atoms with Crippen LogP contribution in [0.3, 0.4) is 0 Å². The first-order valence-corrected chi connectivity index (χ1v) is 10.3. The van der Waals surface area contributed by atoms with Crippen molar-refractivity contribution in [2.45, 2.75) is 52.0 Å². The molecule has 1 aromatic heterocycles. The second-order valence-corrected chi connectivity index (χ2v) is 8.93. The van der Waals surface area contributed by atoms with Gasteiger partial charge in [0.25, 0.3) is 0 Å². The minimum atomic E-state index is -3.10. The minimum Gasteiger partial charge on any atom is -0.466 e. The van der Waals surface area contributed by atoms with Gasteiger partial charge in [0.15, 0.2) is 0 Å². The van der Waals surface area contributed by atoms with Crippen LogP contribution >= 0.6 is 0 Å². The van der Waals surface area contributed by atoms with Gasteiger partial charge in [-0.1, -0.05) is 6.92 Å². The van der Waals surface area contributed by atoms with E-state index in [0.717, 1.165) is 11.5 Å². The van der Waals surface area contributed by atoms with E-state index >= 15 is 0 Å². The van der Waals surface area contributed by atoms with E-state index in [1.54, 1.807) is 11.8 Å². The molecule has 5 nitrogen and oxygen atoms in total. The van der Waals surface area contributed by atoms with E-state index in [2.05, 4.69) is 6.92 Å². The van der Waals surface area contributed by atoms with Crippen LogP contribution in [-0.2, 0) is 21.1 Å². The second-order valence-electron chi connectivity index (χ2n) is 6.74. The van der Waals surface area contributed by atoms with Gasteiger partial charge in [-0.05, 0) is 38.3 Å². The Morgan fingerprint density at radius 1 is 1.43 bits per heavy atom. The number of rotatable bonds is 8. The van der Waals surface area contributed by atoms with E-state index < -0.39 is 9.84 Å². The smallest absolute Gasteiger partial charge is 0.223 e. The van der Waals surface area contributed by atoms with Crippen LogP contribution in [0.4, 0.5) is 0 Å². The van der Waals surface area contributed by atoms with Gasteiger partial charge in [0.1, 0.15) is 21.4 Å². The van der Waals surface area contributed by atoms with Gasteiger partial charge in [-0.3, -0.25) is 4.79 Å². The van der Waals surface area contributed by atoms with E-state index in [0.29, 0.717) is 31.2 Å². The first kappa shape index (κ1) is 18.0. The summed E-state index contributed by atoms with van der Waals surface area (Å²) in [5, 5.41) is 0. The van der Waals surface area contributed by atoms with E-state index in [4.69, 9.17) is 4.42 Å². The number of amides is 1.